The van der Waals surface area contributed by atoms with Crippen molar-refractivity contribution in [2.45, 2.75) is 20.8 Å². The smallest absolute Gasteiger partial charge is 0.340 e. The monoisotopic (exact) mass is 159 g/mol. The minimum atomic E-state index is -0.584. The molecule has 64 valence electrons. The number of rotatable bonds is 1. The van der Waals surface area contributed by atoms with E-state index in [-0.39, 0.29) is 5.96 Å². The first-order chi connectivity index (χ1) is 4.84. The molecule has 0 aliphatic rings. The summed E-state index contributed by atoms with van der Waals surface area (Å²) >= 11 is 0. The molecule has 0 aromatic heterocycles. The fourth-order valence-corrected chi connectivity index (χ4v) is 0.231. The van der Waals surface area contributed by atoms with Crippen molar-refractivity contribution >= 4 is 11.9 Å². The third-order valence-corrected chi connectivity index (χ3v) is 0.846. The second-order valence-corrected chi connectivity index (χ2v) is 3.14. The Labute approximate surface area is 65.4 Å². The Kier molecular flexibility index (Phi) is 2.86. The van der Waals surface area contributed by atoms with E-state index in [9.17, 15) is 4.79 Å². The Morgan fingerprint density at radius 1 is 1.36 bits per heavy atom. The molecule has 0 aromatic rings. The molecule has 0 heterocycles. The van der Waals surface area contributed by atoms with Gasteiger partial charge in [-0.15, -0.1) is 0 Å². The minimum absolute atomic E-state index is 0.261. The lowest BCUT2D eigenvalue weighted by molar-refractivity contribution is -0.152. The average molecular weight is 159 g/mol. The molecule has 0 saturated heterocycles. The van der Waals surface area contributed by atoms with Gasteiger partial charge in [-0.2, -0.15) is 0 Å². The summed E-state index contributed by atoms with van der Waals surface area (Å²) in [6.07, 6.45) is 0. The molecule has 11 heavy (non-hydrogen) atoms. The minimum Gasteiger partial charge on any atom is -0.367 e. The Morgan fingerprint density at radius 3 is 2.09 bits per heavy atom. The van der Waals surface area contributed by atoms with Gasteiger partial charge in [-0.1, -0.05) is 0 Å². The molecule has 0 atom stereocenters. The van der Waals surface area contributed by atoms with E-state index < -0.39 is 11.4 Å². The average Bonchev–Trinajstić information content (AvgIpc) is 1.80. The molecule has 0 saturated carbocycles. The lowest BCUT2D eigenvalue weighted by Gasteiger charge is -2.12. The van der Waals surface area contributed by atoms with Crippen molar-refractivity contribution in [3.63, 3.8) is 0 Å². The van der Waals surface area contributed by atoms with Gasteiger partial charge in [-0.25, -0.2) is 4.79 Å². The van der Waals surface area contributed by atoms with Crippen LogP contribution in [0.2, 0.25) is 0 Å². The predicted molar refractivity (Wildman–Crippen MR) is 41.4 cm³/mol. The summed E-state index contributed by atoms with van der Waals surface area (Å²) in [5, 5.41) is 3.11. The van der Waals surface area contributed by atoms with Gasteiger partial charge in [0.05, 0.1) is 5.41 Å². The Bertz CT molecular complexity index is 177. The van der Waals surface area contributed by atoms with Crippen LogP contribution >= 0.6 is 0 Å². The van der Waals surface area contributed by atoms with Crippen molar-refractivity contribution in [2.75, 3.05) is 0 Å². The molecular formula is C6H13N3O2. The summed E-state index contributed by atoms with van der Waals surface area (Å²) in [6, 6.07) is 0. The highest BCUT2D eigenvalue weighted by molar-refractivity contribution is 5.79. The molecule has 5 nitrogen and oxygen atoms in total. The molecule has 0 unspecified atom stereocenters. The molecule has 4 N–H and O–H groups in total. The van der Waals surface area contributed by atoms with Crippen LogP contribution < -0.4 is 11.5 Å². The normalized spacial score (nSPS) is 10.5. The van der Waals surface area contributed by atoms with Crippen molar-refractivity contribution in [2.24, 2.45) is 22.0 Å². The number of guanidine groups is 1. The molecule has 5 heteroatoms. The van der Waals surface area contributed by atoms with Crippen molar-refractivity contribution in [3.8, 4) is 0 Å². The summed E-state index contributed by atoms with van der Waals surface area (Å²) in [5.41, 5.74) is 9.28. The SMILES string of the molecule is CC(C)(C)C(=O)ON=C(N)N. The van der Waals surface area contributed by atoms with Crippen molar-refractivity contribution < 1.29 is 9.63 Å². The van der Waals surface area contributed by atoms with E-state index in [0.29, 0.717) is 0 Å². The van der Waals surface area contributed by atoms with Gasteiger partial charge >= 0.3 is 5.97 Å². The number of hydrogen-bond acceptors (Lipinski definition) is 3. The Morgan fingerprint density at radius 2 is 1.82 bits per heavy atom. The molecule has 0 bridgehead atoms. The van der Waals surface area contributed by atoms with Gasteiger partial charge in [0.2, 0.25) is 5.96 Å². The molecule has 0 fully saturated rings. The summed E-state index contributed by atoms with van der Waals surface area (Å²) in [5.74, 6) is -0.728. The molecule has 0 amide bonds. The summed E-state index contributed by atoms with van der Waals surface area (Å²) in [4.78, 5) is 15.3. The van der Waals surface area contributed by atoms with Crippen molar-refractivity contribution in [3.05, 3.63) is 0 Å². The van der Waals surface area contributed by atoms with Gasteiger partial charge in [0.1, 0.15) is 0 Å². The van der Waals surface area contributed by atoms with Gasteiger partial charge in [0.15, 0.2) is 0 Å². The largest absolute Gasteiger partial charge is 0.367 e. The zero-order valence-corrected chi connectivity index (χ0v) is 6.92. The van der Waals surface area contributed by atoms with Crippen LogP contribution in [0.25, 0.3) is 0 Å². The van der Waals surface area contributed by atoms with Gasteiger partial charge in [0, 0.05) is 0 Å². The number of hydrogen-bond donors (Lipinski definition) is 2. The van der Waals surface area contributed by atoms with Crippen LogP contribution in [-0.2, 0) is 9.63 Å². The summed E-state index contributed by atoms with van der Waals surface area (Å²) < 4.78 is 0. The fourth-order valence-electron chi connectivity index (χ4n) is 0.231. The fraction of sp³-hybridized carbons (Fsp3) is 0.667. The maximum atomic E-state index is 10.9. The highest BCUT2D eigenvalue weighted by Crippen LogP contribution is 2.14. The van der Waals surface area contributed by atoms with Gasteiger partial charge in [0.25, 0.3) is 0 Å². The maximum absolute atomic E-state index is 10.9. The lowest BCUT2D eigenvalue weighted by atomic mass is 9.98. The van der Waals surface area contributed by atoms with E-state index in [1.807, 2.05) is 0 Å². The Hall–Kier alpha value is -1.26. The standard InChI is InChI=1S/C6H13N3O2/c1-6(2,3)4(10)11-9-5(7)8/h1-3H3,(H4,7,8,9). The first-order valence-electron chi connectivity index (χ1n) is 3.14. The number of nitrogens with zero attached hydrogens (tertiary/aromatic N) is 1. The van der Waals surface area contributed by atoms with Crippen molar-refractivity contribution in [1.82, 2.24) is 0 Å². The third-order valence-electron chi connectivity index (χ3n) is 0.846. The van der Waals surface area contributed by atoms with E-state index >= 15 is 0 Å². The van der Waals surface area contributed by atoms with Crippen LogP contribution in [0.4, 0.5) is 0 Å². The van der Waals surface area contributed by atoms with Gasteiger partial charge in [-0.3, -0.25) is 0 Å². The Balaban J connectivity index is 4.01. The maximum Gasteiger partial charge on any atom is 0.340 e. The number of nitrogens with two attached hydrogens (primary N) is 2. The zero-order chi connectivity index (χ0) is 9.07. The van der Waals surface area contributed by atoms with Gasteiger partial charge in [-0.05, 0) is 25.9 Å². The number of oxime groups is 1. The van der Waals surface area contributed by atoms with Crippen LogP contribution in [0.5, 0.6) is 0 Å². The van der Waals surface area contributed by atoms with E-state index in [1.54, 1.807) is 20.8 Å². The summed E-state index contributed by atoms with van der Waals surface area (Å²) in [6.45, 7) is 5.12. The highest BCUT2D eigenvalue weighted by Gasteiger charge is 2.23. The molecular weight excluding hydrogens is 146 g/mol. The quantitative estimate of drug-likeness (QED) is 0.239. The number of carbonyl (C=O) groups is 1. The molecule has 0 rings (SSSR count). The van der Waals surface area contributed by atoms with E-state index in [1.165, 1.54) is 0 Å². The predicted octanol–water partition coefficient (Wildman–Crippen LogP) is -0.236. The highest BCUT2D eigenvalue weighted by atomic mass is 16.7. The van der Waals surface area contributed by atoms with E-state index in [2.05, 4.69) is 9.99 Å². The van der Waals surface area contributed by atoms with Crippen LogP contribution in [0.3, 0.4) is 0 Å². The van der Waals surface area contributed by atoms with Crippen LogP contribution in [0.15, 0.2) is 5.16 Å². The second-order valence-electron chi connectivity index (χ2n) is 3.14. The van der Waals surface area contributed by atoms with Crippen LogP contribution in [0, 0.1) is 5.41 Å². The lowest BCUT2D eigenvalue weighted by Crippen LogP contribution is -2.26. The van der Waals surface area contributed by atoms with E-state index in [0.717, 1.165) is 0 Å². The molecule has 0 aliphatic heterocycles. The van der Waals surface area contributed by atoms with Crippen LogP contribution in [-0.4, -0.2) is 11.9 Å². The zero-order valence-electron chi connectivity index (χ0n) is 6.92. The number of carbonyl (C=O) groups excluding carboxylic acids is 1. The first kappa shape index (κ1) is 9.74. The molecule has 0 aliphatic carbocycles. The summed E-state index contributed by atoms with van der Waals surface area (Å²) in [7, 11) is 0. The van der Waals surface area contributed by atoms with Crippen molar-refractivity contribution in [1.29, 1.82) is 0 Å². The topological polar surface area (TPSA) is 90.7 Å². The molecule has 0 radical (unpaired) electrons. The second kappa shape index (κ2) is 3.23. The van der Waals surface area contributed by atoms with Gasteiger partial charge < -0.3 is 16.3 Å². The molecule has 0 spiro atoms. The molecule has 0 aromatic carbocycles. The third kappa shape index (κ3) is 4.19. The van der Waals surface area contributed by atoms with E-state index in [4.69, 9.17) is 11.5 Å². The van der Waals surface area contributed by atoms with Crippen LogP contribution in [0.1, 0.15) is 20.8 Å². The first-order valence-corrected chi connectivity index (χ1v) is 3.14.